The number of phenols is 1. The van der Waals surface area contributed by atoms with Crippen LogP contribution < -0.4 is 4.74 Å². The van der Waals surface area contributed by atoms with Crippen LogP contribution >= 0.6 is 0 Å². The zero-order valence-electron chi connectivity index (χ0n) is 9.58. The van der Waals surface area contributed by atoms with Gasteiger partial charge in [-0.3, -0.25) is 0 Å². The molecule has 3 nitrogen and oxygen atoms in total. The largest absolute Gasteiger partial charge is 0.504 e. The number of aliphatic hydroxyl groups excluding tert-OH is 1. The summed E-state index contributed by atoms with van der Waals surface area (Å²) in [6.45, 7) is -0.126. The number of para-hydroxylation sites is 2. The molecule has 1 unspecified atom stereocenters. The maximum absolute atomic E-state index is 13.4. The molecule has 0 bridgehead atoms. The van der Waals surface area contributed by atoms with E-state index in [4.69, 9.17) is 4.74 Å². The maximum atomic E-state index is 13.4. The first-order valence-corrected chi connectivity index (χ1v) is 5.52. The van der Waals surface area contributed by atoms with E-state index in [2.05, 4.69) is 0 Å². The van der Waals surface area contributed by atoms with Crippen LogP contribution in [0.3, 0.4) is 0 Å². The molecular weight excluding hydrogens is 235 g/mol. The van der Waals surface area contributed by atoms with Gasteiger partial charge in [0.2, 0.25) is 0 Å². The van der Waals surface area contributed by atoms with Gasteiger partial charge in [-0.2, -0.15) is 0 Å². The molecule has 1 atom stereocenters. The number of ether oxygens (including phenoxy) is 1. The van der Waals surface area contributed by atoms with E-state index in [-0.39, 0.29) is 23.7 Å². The summed E-state index contributed by atoms with van der Waals surface area (Å²) in [6.07, 6.45) is -1.08. The quantitative estimate of drug-likeness (QED) is 0.874. The molecule has 0 spiro atoms. The third kappa shape index (κ3) is 2.78. The third-order valence-electron chi connectivity index (χ3n) is 2.53. The molecule has 0 radical (unpaired) electrons. The van der Waals surface area contributed by atoms with Gasteiger partial charge in [0, 0.05) is 5.56 Å². The lowest BCUT2D eigenvalue weighted by atomic mass is 10.1. The minimum absolute atomic E-state index is 0.0155. The summed E-state index contributed by atoms with van der Waals surface area (Å²) in [6, 6.07) is 12.4. The van der Waals surface area contributed by atoms with Gasteiger partial charge >= 0.3 is 0 Å². The second-order valence-corrected chi connectivity index (χ2v) is 3.82. The highest BCUT2D eigenvalue weighted by molar-refractivity contribution is 5.38. The summed E-state index contributed by atoms with van der Waals surface area (Å²) < 4.78 is 18.6. The molecule has 0 amide bonds. The molecule has 0 heterocycles. The van der Waals surface area contributed by atoms with Crippen LogP contribution in [0, 0.1) is 5.82 Å². The van der Waals surface area contributed by atoms with E-state index in [9.17, 15) is 14.6 Å². The van der Waals surface area contributed by atoms with E-state index in [0.29, 0.717) is 0 Å². The van der Waals surface area contributed by atoms with Gasteiger partial charge in [0.1, 0.15) is 18.5 Å². The van der Waals surface area contributed by atoms with E-state index < -0.39 is 11.9 Å². The summed E-state index contributed by atoms with van der Waals surface area (Å²) in [4.78, 5) is 0. The predicted octanol–water partition coefficient (Wildman–Crippen LogP) is 2.64. The summed E-state index contributed by atoms with van der Waals surface area (Å²) in [5, 5.41) is 19.3. The monoisotopic (exact) mass is 248 g/mol. The fourth-order valence-corrected chi connectivity index (χ4v) is 1.58. The number of hydrogen-bond acceptors (Lipinski definition) is 3. The zero-order chi connectivity index (χ0) is 13.0. The number of benzene rings is 2. The first kappa shape index (κ1) is 12.4. The van der Waals surface area contributed by atoms with E-state index in [0.717, 1.165) is 0 Å². The number of phenolic OH excluding ortho intramolecular Hbond substituents is 1. The molecule has 0 aliphatic heterocycles. The Bertz CT molecular complexity index is 528. The van der Waals surface area contributed by atoms with Crippen molar-refractivity contribution >= 4 is 0 Å². The van der Waals surface area contributed by atoms with Gasteiger partial charge in [0.05, 0.1) is 0 Å². The van der Waals surface area contributed by atoms with Crippen molar-refractivity contribution in [1.29, 1.82) is 0 Å². The molecule has 0 fully saturated rings. The summed E-state index contributed by atoms with van der Waals surface area (Å²) in [7, 11) is 0. The van der Waals surface area contributed by atoms with E-state index in [1.54, 1.807) is 30.3 Å². The highest BCUT2D eigenvalue weighted by Crippen LogP contribution is 2.26. The molecule has 0 aliphatic rings. The van der Waals surface area contributed by atoms with Crippen LogP contribution in [0.25, 0.3) is 0 Å². The molecule has 18 heavy (non-hydrogen) atoms. The molecule has 0 saturated heterocycles. The van der Waals surface area contributed by atoms with Crippen molar-refractivity contribution in [1.82, 2.24) is 0 Å². The van der Waals surface area contributed by atoms with Crippen molar-refractivity contribution < 1.29 is 19.3 Å². The molecule has 94 valence electrons. The summed E-state index contributed by atoms with van der Waals surface area (Å²) in [5.74, 6) is -0.239. The average Bonchev–Trinajstić information content (AvgIpc) is 2.38. The number of aliphatic hydroxyl groups is 1. The number of aromatic hydroxyl groups is 1. The molecule has 2 N–H and O–H groups in total. The number of hydrogen-bond donors (Lipinski definition) is 2. The van der Waals surface area contributed by atoms with Crippen LogP contribution in [0.15, 0.2) is 48.5 Å². The smallest absolute Gasteiger partial charge is 0.161 e. The first-order chi connectivity index (χ1) is 8.68. The van der Waals surface area contributed by atoms with Crippen molar-refractivity contribution in [2.45, 2.75) is 6.10 Å². The van der Waals surface area contributed by atoms with Gasteiger partial charge in [-0.05, 0) is 18.2 Å². The van der Waals surface area contributed by atoms with E-state index >= 15 is 0 Å². The summed E-state index contributed by atoms with van der Waals surface area (Å²) >= 11 is 0. The second kappa shape index (κ2) is 5.51. The maximum Gasteiger partial charge on any atom is 0.161 e. The van der Waals surface area contributed by atoms with Crippen molar-refractivity contribution in [3.05, 3.63) is 59.9 Å². The molecule has 0 aromatic heterocycles. The van der Waals surface area contributed by atoms with Crippen molar-refractivity contribution in [3.63, 3.8) is 0 Å². The predicted molar refractivity (Wildman–Crippen MR) is 65.0 cm³/mol. The van der Waals surface area contributed by atoms with Gasteiger partial charge in [-0.1, -0.05) is 30.3 Å². The molecule has 0 saturated carbocycles. The highest BCUT2D eigenvalue weighted by atomic mass is 19.1. The van der Waals surface area contributed by atoms with E-state index in [1.807, 2.05) is 0 Å². The summed E-state index contributed by atoms with van der Waals surface area (Å²) in [5.41, 5.74) is 0.174. The number of halogens is 1. The van der Waals surface area contributed by atoms with Crippen LogP contribution in [-0.4, -0.2) is 16.8 Å². The Morgan fingerprint density at radius 1 is 1.06 bits per heavy atom. The fourth-order valence-electron chi connectivity index (χ4n) is 1.58. The number of rotatable bonds is 4. The van der Waals surface area contributed by atoms with Crippen LogP contribution in [0.4, 0.5) is 4.39 Å². The van der Waals surface area contributed by atoms with Crippen LogP contribution in [0.2, 0.25) is 0 Å². The SMILES string of the molecule is Oc1ccccc1OCC(O)c1ccccc1F. The lowest BCUT2D eigenvalue weighted by Crippen LogP contribution is -2.11. The van der Waals surface area contributed by atoms with Gasteiger partial charge in [-0.15, -0.1) is 0 Å². The normalized spacial score (nSPS) is 12.1. The molecule has 2 rings (SSSR count). The van der Waals surface area contributed by atoms with E-state index in [1.165, 1.54) is 18.2 Å². The standard InChI is InChI=1S/C14H13FO3/c15-11-6-2-1-5-10(11)13(17)9-18-14-8-4-3-7-12(14)16/h1-8,13,16-17H,9H2. The lowest BCUT2D eigenvalue weighted by Gasteiger charge is -2.13. The van der Waals surface area contributed by atoms with Gasteiger partial charge in [0.15, 0.2) is 11.5 Å². The third-order valence-corrected chi connectivity index (χ3v) is 2.53. The Balaban J connectivity index is 2.03. The highest BCUT2D eigenvalue weighted by Gasteiger charge is 2.13. The molecule has 4 heteroatoms. The van der Waals surface area contributed by atoms with Gasteiger partial charge in [0.25, 0.3) is 0 Å². The van der Waals surface area contributed by atoms with Crippen molar-refractivity contribution in [3.8, 4) is 11.5 Å². The Morgan fingerprint density at radius 3 is 2.44 bits per heavy atom. The lowest BCUT2D eigenvalue weighted by molar-refractivity contribution is 0.103. The van der Waals surface area contributed by atoms with Gasteiger partial charge in [-0.25, -0.2) is 4.39 Å². The minimum atomic E-state index is -1.08. The van der Waals surface area contributed by atoms with Crippen LogP contribution in [0.5, 0.6) is 11.5 Å². The Hall–Kier alpha value is -2.07. The fraction of sp³-hybridized carbons (Fsp3) is 0.143. The van der Waals surface area contributed by atoms with Crippen molar-refractivity contribution in [2.24, 2.45) is 0 Å². The van der Waals surface area contributed by atoms with Crippen LogP contribution in [0.1, 0.15) is 11.7 Å². The molecule has 0 aliphatic carbocycles. The first-order valence-electron chi connectivity index (χ1n) is 5.52. The molecule has 2 aromatic rings. The van der Waals surface area contributed by atoms with Crippen molar-refractivity contribution in [2.75, 3.05) is 6.61 Å². The zero-order valence-corrected chi connectivity index (χ0v) is 9.58. The Labute approximate surface area is 104 Å². The molecular formula is C14H13FO3. The topological polar surface area (TPSA) is 49.7 Å². The average molecular weight is 248 g/mol. The Morgan fingerprint density at radius 2 is 1.72 bits per heavy atom. The van der Waals surface area contributed by atoms with Crippen LogP contribution in [-0.2, 0) is 0 Å². The van der Waals surface area contributed by atoms with Gasteiger partial charge < -0.3 is 14.9 Å². The Kier molecular flexibility index (Phi) is 3.79. The second-order valence-electron chi connectivity index (χ2n) is 3.82. The minimum Gasteiger partial charge on any atom is -0.504 e. The molecule has 2 aromatic carbocycles.